The summed E-state index contributed by atoms with van der Waals surface area (Å²) in [6, 6.07) is 8.20. The maximum absolute atomic E-state index is 10.8. The van der Waals surface area contributed by atoms with Gasteiger partial charge in [0.05, 0.1) is 7.11 Å². The maximum Gasteiger partial charge on any atom is 0.371 e. The topological polar surface area (TPSA) is 46.5 Å². The van der Waals surface area contributed by atoms with E-state index in [0.717, 1.165) is 4.88 Å². The molecule has 0 radical (unpaired) electrons. The molecule has 0 aliphatic carbocycles. The van der Waals surface area contributed by atoms with Crippen molar-refractivity contribution < 1.29 is 14.6 Å². The molecule has 0 unspecified atom stereocenters. The Morgan fingerprint density at radius 1 is 1.37 bits per heavy atom. The van der Waals surface area contributed by atoms with Crippen LogP contribution in [0.4, 0.5) is 0 Å². The molecule has 1 aromatic heterocycles. The summed E-state index contributed by atoms with van der Waals surface area (Å²) in [6.07, 6.45) is 5.05. The molecule has 19 heavy (non-hydrogen) atoms. The highest BCUT2D eigenvalue weighted by atomic mass is 32.1. The number of thiophene rings is 1. The molecule has 0 fully saturated rings. The number of fused-ring (bicyclic) bond motifs is 1. The highest BCUT2D eigenvalue weighted by Gasteiger charge is 2.06. The van der Waals surface area contributed by atoms with Crippen LogP contribution in [0.2, 0.25) is 0 Å². The normalized spacial score (nSPS) is 12.2. The number of rotatable bonds is 4. The van der Waals surface area contributed by atoms with Gasteiger partial charge in [0.15, 0.2) is 0 Å². The van der Waals surface area contributed by atoms with Crippen LogP contribution in [-0.2, 0) is 9.53 Å². The van der Waals surface area contributed by atoms with Gasteiger partial charge in [-0.15, -0.1) is 11.3 Å². The van der Waals surface area contributed by atoms with Crippen LogP contribution in [-0.4, -0.2) is 18.2 Å². The monoisotopic (exact) mass is 274 g/mol. The van der Waals surface area contributed by atoms with Gasteiger partial charge >= 0.3 is 5.97 Å². The summed E-state index contributed by atoms with van der Waals surface area (Å²) in [5, 5.41) is 10.1. The van der Waals surface area contributed by atoms with Crippen LogP contribution < -0.4 is 0 Å². The zero-order chi connectivity index (χ0) is 13.8. The van der Waals surface area contributed by atoms with Gasteiger partial charge < -0.3 is 9.84 Å². The molecule has 2 rings (SSSR count). The standard InChI is InChI=1S/C15H14O3S/c1-10-11-6-3-4-8-14(11)19-13(10)9-5-7-12(18-2)15(16)17/h3-9H,1-2H3,(H,16,17)/b9-5+,12-7+. The molecule has 3 nitrogen and oxygen atoms in total. The van der Waals surface area contributed by atoms with Crippen LogP contribution in [0, 0.1) is 6.92 Å². The lowest BCUT2D eigenvalue weighted by atomic mass is 10.1. The third-order valence-corrected chi connectivity index (χ3v) is 4.04. The van der Waals surface area contributed by atoms with Crippen molar-refractivity contribution >= 4 is 33.5 Å². The lowest BCUT2D eigenvalue weighted by Gasteiger charge is -1.96. The van der Waals surface area contributed by atoms with Gasteiger partial charge in [0.25, 0.3) is 0 Å². The number of carboxylic acid groups (broad SMARTS) is 1. The minimum Gasteiger partial charge on any atom is -0.490 e. The molecular formula is C15H14O3S. The third kappa shape index (κ3) is 2.85. The van der Waals surface area contributed by atoms with E-state index in [1.54, 1.807) is 17.4 Å². The van der Waals surface area contributed by atoms with E-state index in [9.17, 15) is 4.79 Å². The van der Waals surface area contributed by atoms with Gasteiger partial charge in [-0.05, 0) is 36.1 Å². The van der Waals surface area contributed by atoms with Crippen LogP contribution in [0.5, 0.6) is 0 Å². The van der Waals surface area contributed by atoms with Crippen LogP contribution in [0.25, 0.3) is 16.2 Å². The van der Waals surface area contributed by atoms with Gasteiger partial charge in [0.2, 0.25) is 5.76 Å². The van der Waals surface area contributed by atoms with E-state index in [2.05, 4.69) is 19.1 Å². The maximum atomic E-state index is 10.8. The molecule has 2 aromatic rings. The molecule has 0 bridgehead atoms. The number of carbonyl (C=O) groups is 1. The number of methoxy groups -OCH3 is 1. The van der Waals surface area contributed by atoms with E-state index in [1.165, 1.54) is 28.8 Å². The van der Waals surface area contributed by atoms with Gasteiger partial charge in [0, 0.05) is 9.58 Å². The molecule has 1 heterocycles. The Kier molecular flexibility index (Phi) is 4.02. The number of aryl methyl sites for hydroxylation is 1. The fraction of sp³-hybridized carbons (Fsp3) is 0.133. The first-order chi connectivity index (χ1) is 9.13. The summed E-state index contributed by atoms with van der Waals surface area (Å²) in [4.78, 5) is 11.9. The largest absolute Gasteiger partial charge is 0.490 e. The van der Waals surface area contributed by atoms with Crippen molar-refractivity contribution in [2.24, 2.45) is 0 Å². The lowest BCUT2D eigenvalue weighted by Crippen LogP contribution is -2.01. The second-order valence-electron chi connectivity index (χ2n) is 3.99. The molecule has 98 valence electrons. The molecule has 0 saturated heterocycles. The fourth-order valence-corrected chi connectivity index (χ4v) is 2.93. The first-order valence-electron chi connectivity index (χ1n) is 5.77. The Labute approximate surface area is 115 Å². The molecule has 0 amide bonds. The van der Waals surface area contributed by atoms with Crippen LogP contribution in [0.3, 0.4) is 0 Å². The number of ether oxygens (including phenoxy) is 1. The molecule has 0 aliphatic rings. The predicted molar refractivity (Wildman–Crippen MR) is 78.3 cm³/mol. The highest BCUT2D eigenvalue weighted by molar-refractivity contribution is 7.20. The number of benzene rings is 1. The number of hydrogen-bond acceptors (Lipinski definition) is 3. The zero-order valence-electron chi connectivity index (χ0n) is 10.7. The Balaban J connectivity index is 2.31. The second kappa shape index (κ2) is 5.71. The summed E-state index contributed by atoms with van der Waals surface area (Å²) in [5.41, 5.74) is 1.21. The average Bonchev–Trinajstić information content (AvgIpc) is 2.72. The third-order valence-electron chi connectivity index (χ3n) is 2.81. The number of allylic oxidation sites excluding steroid dienone is 2. The average molecular weight is 274 g/mol. The predicted octanol–water partition coefficient (Wildman–Crippen LogP) is 3.84. The van der Waals surface area contributed by atoms with Crippen molar-refractivity contribution in [3.8, 4) is 0 Å². The smallest absolute Gasteiger partial charge is 0.371 e. The van der Waals surface area contributed by atoms with Crippen molar-refractivity contribution in [3.05, 3.63) is 52.6 Å². The Morgan fingerprint density at radius 3 is 2.74 bits per heavy atom. The van der Waals surface area contributed by atoms with Crippen molar-refractivity contribution in [1.29, 1.82) is 0 Å². The minimum atomic E-state index is -1.07. The molecule has 0 saturated carbocycles. The Morgan fingerprint density at radius 2 is 2.11 bits per heavy atom. The first-order valence-corrected chi connectivity index (χ1v) is 6.59. The van der Waals surface area contributed by atoms with Gasteiger partial charge in [-0.25, -0.2) is 4.79 Å². The summed E-state index contributed by atoms with van der Waals surface area (Å²) in [6.45, 7) is 2.07. The molecule has 1 N–H and O–H groups in total. The van der Waals surface area contributed by atoms with Crippen molar-refractivity contribution in [2.45, 2.75) is 6.92 Å². The lowest BCUT2D eigenvalue weighted by molar-refractivity contribution is -0.136. The van der Waals surface area contributed by atoms with E-state index in [0.29, 0.717) is 0 Å². The summed E-state index contributed by atoms with van der Waals surface area (Å²) in [5.74, 6) is -1.14. The zero-order valence-corrected chi connectivity index (χ0v) is 11.5. The van der Waals surface area contributed by atoms with Gasteiger partial charge in [0.1, 0.15) is 0 Å². The molecule has 1 aromatic carbocycles. The molecule has 4 heteroatoms. The fourth-order valence-electron chi connectivity index (χ4n) is 1.80. The quantitative estimate of drug-likeness (QED) is 0.523. The van der Waals surface area contributed by atoms with Crippen molar-refractivity contribution in [2.75, 3.05) is 7.11 Å². The summed E-state index contributed by atoms with van der Waals surface area (Å²) >= 11 is 1.69. The summed E-state index contributed by atoms with van der Waals surface area (Å²) < 4.78 is 5.98. The molecule has 0 atom stereocenters. The van der Waals surface area contributed by atoms with Crippen LogP contribution in [0.1, 0.15) is 10.4 Å². The second-order valence-corrected chi connectivity index (χ2v) is 5.07. The molecule has 0 spiro atoms. The van der Waals surface area contributed by atoms with Gasteiger partial charge in [-0.1, -0.05) is 24.3 Å². The summed E-state index contributed by atoms with van der Waals surface area (Å²) in [7, 11) is 1.35. The Hall–Kier alpha value is -2.07. The van der Waals surface area contributed by atoms with Gasteiger partial charge in [-0.3, -0.25) is 0 Å². The number of hydrogen-bond donors (Lipinski definition) is 1. The first kappa shape index (κ1) is 13.4. The minimum absolute atomic E-state index is 0.0741. The van der Waals surface area contributed by atoms with Crippen LogP contribution in [0.15, 0.2) is 42.2 Å². The Bertz CT molecular complexity index is 665. The molecule has 0 aliphatic heterocycles. The van der Waals surface area contributed by atoms with Gasteiger partial charge in [-0.2, -0.15) is 0 Å². The van der Waals surface area contributed by atoms with E-state index in [-0.39, 0.29) is 5.76 Å². The van der Waals surface area contributed by atoms with E-state index < -0.39 is 5.97 Å². The van der Waals surface area contributed by atoms with E-state index in [4.69, 9.17) is 9.84 Å². The van der Waals surface area contributed by atoms with Crippen LogP contribution >= 0.6 is 11.3 Å². The molecular weight excluding hydrogens is 260 g/mol. The van der Waals surface area contributed by atoms with Crippen molar-refractivity contribution in [3.63, 3.8) is 0 Å². The highest BCUT2D eigenvalue weighted by Crippen LogP contribution is 2.31. The van der Waals surface area contributed by atoms with E-state index in [1.807, 2.05) is 18.2 Å². The van der Waals surface area contributed by atoms with E-state index >= 15 is 0 Å². The van der Waals surface area contributed by atoms with Crippen molar-refractivity contribution in [1.82, 2.24) is 0 Å². The SMILES string of the molecule is CO/C(=C/C=C/c1sc2ccccc2c1C)C(=O)O. The number of aliphatic carboxylic acids is 1. The number of carboxylic acids is 1.